The zero-order valence-electron chi connectivity index (χ0n) is 21.0. The Morgan fingerprint density at radius 2 is 1.18 bits per heavy atom. The Morgan fingerprint density at radius 1 is 0.727 bits per heavy atom. The molecule has 0 unspecified atom stereocenters. The van der Waals surface area contributed by atoms with Crippen LogP contribution in [0.15, 0.2) is 0 Å². The Hall–Kier alpha value is -1.95. The van der Waals surface area contributed by atoms with Crippen LogP contribution in [0.4, 0.5) is 4.79 Å². The van der Waals surface area contributed by atoms with E-state index in [2.05, 4.69) is 10.6 Å². The van der Waals surface area contributed by atoms with Gasteiger partial charge in [0.1, 0.15) is 17.2 Å². The van der Waals surface area contributed by atoms with Gasteiger partial charge >= 0.3 is 12.1 Å². The predicted molar refractivity (Wildman–Crippen MR) is 123 cm³/mol. The SMILES string of the molecule is CC(C)(C)OC(=O)NCCOCCOCCOCCNC(=O)CC[C@H](N)C(=O)OC(C)(C)C. The molecule has 0 aliphatic rings. The number of hydrogen-bond donors (Lipinski definition) is 3. The highest BCUT2D eigenvalue weighted by atomic mass is 16.6. The monoisotopic (exact) mass is 477 g/mol. The highest BCUT2D eigenvalue weighted by Gasteiger charge is 2.22. The summed E-state index contributed by atoms with van der Waals surface area (Å²) in [6.07, 6.45) is -0.120. The molecule has 0 spiro atoms. The van der Waals surface area contributed by atoms with Crippen molar-refractivity contribution in [2.24, 2.45) is 5.73 Å². The summed E-state index contributed by atoms with van der Waals surface area (Å²) in [6.45, 7) is 13.7. The molecule has 1 atom stereocenters. The smallest absolute Gasteiger partial charge is 0.407 e. The molecular weight excluding hydrogens is 434 g/mol. The number of carbonyl (C=O) groups excluding carboxylic acids is 3. The van der Waals surface area contributed by atoms with Crippen LogP contribution in [0.25, 0.3) is 0 Å². The van der Waals surface area contributed by atoms with E-state index in [0.29, 0.717) is 52.7 Å². The first-order valence-electron chi connectivity index (χ1n) is 11.3. The highest BCUT2D eigenvalue weighted by Crippen LogP contribution is 2.09. The molecule has 0 aromatic carbocycles. The predicted octanol–water partition coefficient (Wildman–Crippen LogP) is 1.13. The first-order chi connectivity index (χ1) is 15.3. The van der Waals surface area contributed by atoms with E-state index in [1.165, 1.54) is 0 Å². The average Bonchev–Trinajstić information content (AvgIpc) is 2.66. The van der Waals surface area contributed by atoms with Crippen molar-refractivity contribution in [1.82, 2.24) is 10.6 Å². The topological polar surface area (TPSA) is 147 Å². The third-order valence-corrected chi connectivity index (χ3v) is 3.62. The van der Waals surface area contributed by atoms with Gasteiger partial charge in [0, 0.05) is 19.5 Å². The van der Waals surface area contributed by atoms with E-state index >= 15 is 0 Å². The second kappa shape index (κ2) is 16.6. The lowest BCUT2D eigenvalue weighted by Gasteiger charge is -2.22. The molecule has 4 N–H and O–H groups in total. The van der Waals surface area contributed by atoms with Crippen molar-refractivity contribution in [3.8, 4) is 0 Å². The second-order valence-corrected chi connectivity index (χ2v) is 9.29. The molecule has 33 heavy (non-hydrogen) atoms. The zero-order chi connectivity index (χ0) is 25.3. The van der Waals surface area contributed by atoms with Gasteiger partial charge in [-0.05, 0) is 48.0 Å². The summed E-state index contributed by atoms with van der Waals surface area (Å²) in [5.41, 5.74) is 4.62. The molecule has 0 aliphatic carbocycles. The van der Waals surface area contributed by atoms with Crippen LogP contribution >= 0.6 is 0 Å². The molecule has 2 amide bonds. The Bertz CT molecular complexity index is 573. The molecule has 0 saturated heterocycles. The van der Waals surface area contributed by atoms with Gasteiger partial charge in [-0.15, -0.1) is 0 Å². The molecule has 0 aromatic heterocycles. The number of hydrogen-bond acceptors (Lipinski definition) is 9. The quantitative estimate of drug-likeness (QED) is 0.220. The minimum atomic E-state index is -0.825. The normalized spacial score (nSPS) is 12.7. The Labute approximate surface area is 197 Å². The van der Waals surface area contributed by atoms with Crippen molar-refractivity contribution < 1.29 is 38.1 Å². The molecule has 0 heterocycles. The lowest BCUT2D eigenvalue weighted by molar-refractivity contribution is -0.156. The Balaban J connectivity index is 3.48. The largest absolute Gasteiger partial charge is 0.459 e. The van der Waals surface area contributed by atoms with Crippen LogP contribution < -0.4 is 16.4 Å². The van der Waals surface area contributed by atoms with Crippen LogP contribution in [0.2, 0.25) is 0 Å². The Morgan fingerprint density at radius 3 is 1.67 bits per heavy atom. The summed E-state index contributed by atoms with van der Waals surface area (Å²) >= 11 is 0. The van der Waals surface area contributed by atoms with Crippen molar-refractivity contribution in [3.05, 3.63) is 0 Å². The van der Waals surface area contributed by atoms with Crippen LogP contribution in [0.1, 0.15) is 54.4 Å². The minimum Gasteiger partial charge on any atom is -0.459 e. The third-order valence-electron chi connectivity index (χ3n) is 3.62. The summed E-state index contributed by atoms with van der Waals surface area (Å²) in [5.74, 6) is -0.714. The third kappa shape index (κ3) is 21.6. The standard InChI is InChI=1S/C22H43N3O8/c1-21(2,3)32-19(27)17(23)7-8-18(26)24-9-11-29-13-15-31-16-14-30-12-10-25-20(28)33-22(4,5)6/h17H,7-16,23H2,1-6H3,(H,24,26)(H,25,28)/t17-/m0/s1. The van der Waals surface area contributed by atoms with E-state index in [1.807, 2.05) is 0 Å². The fraction of sp³-hybridized carbons (Fsp3) is 0.864. The van der Waals surface area contributed by atoms with Crippen LogP contribution in [0.3, 0.4) is 0 Å². The van der Waals surface area contributed by atoms with Gasteiger partial charge in [0.25, 0.3) is 0 Å². The number of carbonyl (C=O) groups is 3. The molecule has 11 heteroatoms. The summed E-state index contributed by atoms with van der Waals surface area (Å²) in [4.78, 5) is 35.0. The summed E-state index contributed by atoms with van der Waals surface area (Å²) < 4.78 is 26.4. The number of rotatable bonds is 16. The van der Waals surface area contributed by atoms with Crippen molar-refractivity contribution in [2.75, 3.05) is 52.7 Å². The van der Waals surface area contributed by atoms with Gasteiger partial charge in [-0.1, -0.05) is 0 Å². The molecule has 0 bridgehead atoms. The lowest BCUT2D eigenvalue weighted by atomic mass is 10.1. The summed E-state index contributed by atoms with van der Waals surface area (Å²) in [5, 5.41) is 5.31. The highest BCUT2D eigenvalue weighted by molar-refractivity contribution is 5.79. The minimum absolute atomic E-state index is 0.136. The number of esters is 1. The van der Waals surface area contributed by atoms with Crippen LogP contribution in [0, 0.1) is 0 Å². The van der Waals surface area contributed by atoms with Crippen molar-refractivity contribution in [1.29, 1.82) is 0 Å². The molecule has 0 saturated carbocycles. The van der Waals surface area contributed by atoms with E-state index in [0.717, 1.165) is 0 Å². The fourth-order valence-electron chi connectivity index (χ4n) is 2.21. The summed E-state index contributed by atoms with van der Waals surface area (Å²) in [6, 6.07) is -0.825. The van der Waals surface area contributed by atoms with Crippen molar-refractivity contribution >= 4 is 18.0 Å². The first-order valence-corrected chi connectivity index (χ1v) is 11.3. The van der Waals surface area contributed by atoms with Crippen LogP contribution in [0.5, 0.6) is 0 Å². The van der Waals surface area contributed by atoms with E-state index < -0.39 is 29.3 Å². The maximum Gasteiger partial charge on any atom is 0.407 e. The number of alkyl carbamates (subject to hydrolysis) is 1. The van der Waals surface area contributed by atoms with Gasteiger partial charge < -0.3 is 40.1 Å². The fourth-order valence-corrected chi connectivity index (χ4v) is 2.21. The molecule has 0 aromatic rings. The van der Waals surface area contributed by atoms with Gasteiger partial charge in [0.05, 0.1) is 39.6 Å². The Kier molecular flexibility index (Phi) is 15.6. The van der Waals surface area contributed by atoms with E-state index in [9.17, 15) is 14.4 Å². The van der Waals surface area contributed by atoms with Gasteiger partial charge in [-0.25, -0.2) is 4.79 Å². The maximum absolute atomic E-state index is 11.8. The van der Waals surface area contributed by atoms with Crippen molar-refractivity contribution in [3.63, 3.8) is 0 Å². The first kappa shape index (κ1) is 31.0. The second-order valence-electron chi connectivity index (χ2n) is 9.29. The maximum atomic E-state index is 11.8. The van der Waals surface area contributed by atoms with Gasteiger partial charge in [0.15, 0.2) is 0 Å². The van der Waals surface area contributed by atoms with Gasteiger partial charge in [-0.3, -0.25) is 9.59 Å². The number of nitrogens with two attached hydrogens (primary N) is 1. The molecule has 11 nitrogen and oxygen atoms in total. The lowest BCUT2D eigenvalue weighted by Crippen LogP contribution is -2.38. The summed E-state index contributed by atoms with van der Waals surface area (Å²) in [7, 11) is 0. The number of ether oxygens (including phenoxy) is 5. The molecular formula is C22H43N3O8. The van der Waals surface area contributed by atoms with Crippen LogP contribution in [-0.2, 0) is 33.3 Å². The van der Waals surface area contributed by atoms with Crippen LogP contribution in [-0.4, -0.2) is 87.9 Å². The van der Waals surface area contributed by atoms with Crippen molar-refractivity contribution in [2.45, 2.75) is 71.6 Å². The molecule has 0 rings (SSSR count). The van der Waals surface area contributed by atoms with Gasteiger partial charge in [-0.2, -0.15) is 0 Å². The average molecular weight is 478 g/mol. The van der Waals surface area contributed by atoms with E-state index in [1.54, 1.807) is 41.5 Å². The molecule has 0 aliphatic heterocycles. The molecule has 0 radical (unpaired) electrons. The zero-order valence-corrected chi connectivity index (χ0v) is 21.0. The van der Waals surface area contributed by atoms with E-state index in [4.69, 9.17) is 29.4 Å². The molecule has 194 valence electrons. The van der Waals surface area contributed by atoms with E-state index in [-0.39, 0.29) is 18.7 Å². The molecule has 0 fully saturated rings. The van der Waals surface area contributed by atoms with Gasteiger partial charge in [0.2, 0.25) is 5.91 Å². The number of amides is 2. The number of nitrogens with one attached hydrogen (secondary N) is 2.